The van der Waals surface area contributed by atoms with Crippen LogP contribution in [0.2, 0.25) is 0 Å². The fourth-order valence-corrected chi connectivity index (χ4v) is 3.69. The largest absolute Gasteiger partial charge is 0.385 e. The Labute approximate surface area is 141 Å². The number of likely N-dealkylation sites (N-methyl/N-ethyl adjacent to an activating group) is 1. The number of likely N-dealkylation sites (tertiary alicyclic amines) is 1. The molecular formula is C18H35N3O2. The van der Waals surface area contributed by atoms with Crippen LogP contribution in [0.3, 0.4) is 0 Å². The van der Waals surface area contributed by atoms with Crippen molar-refractivity contribution < 1.29 is 9.53 Å². The van der Waals surface area contributed by atoms with Gasteiger partial charge in [-0.1, -0.05) is 0 Å². The summed E-state index contributed by atoms with van der Waals surface area (Å²) in [7, 11) is 3.95. The van der Waals surface area contributed by atoms with Gasteiger partial charge in [-0.2, -0.15) is 0 Å². The first-order chi connectivity index (χ1) is 11.1. The average molecular weight is 325 g/mol. The van der Waals surface area contributed by atoms with Crippen molar-refractivity contribution in [2.24, 2.45) is 5.92 Å². The van der Waals surface area contributed by atoms with Gasteiger partial charge in [0.15, 0.2) is 0 Å². The molecule has 0 aliphatic carbocycles. The van der Waals surface area contributed by atoms with Crippen LogP contribution >= 0.6 is 0 Å². The van der Waals surface area contributed by atoms with E-state index in [0.29, 0.717) is 18.4 Å². The maximum absolute atomic E-state index is 12.4. The molecule has 0 aromatic heterocycles. The Bertz CT molecular complexity index is 348. The van der Waals surface area contributed by atoms with Gasteiger partial charge in [-0.15, -0.1) is 0 Å². The summed E-state index contributed by atoms with van der Waals surface area (Å²) in [5.74, 6) is 1.10. The van der Waals surface area contributed by atoms with Gasteiger partial charge < -0.3 is 14.5 Å². The van der Waals surface area contributed by atoms with Crippen molar-refractivity contribution in [1.82, 2.24) is 14.7 Å². The summed E-state index contributed by atoms with van der Waals surface area (Å²) in [6, 6.07) is 0.520. The predicted octanol–water partition coefficient (Wildman–Crippen LogP) is 1.68. The third-order valence-electron chi connectivity index (χ3n) is 5.63. The number of amides is 1. The van der Waals surface area contributed by atoms with Gasteiger partial charge in [0.1, 0.15) is 0 Å². The quantitative estimate of drug-likeness (QED) is 0.713. The Balaban J connectivity index is 1.63. The fraction of sp³-hybridized carbons (Fsp3) is 0.944. The topological polar surface area (TPSA) is 36.0 Å². The van der Waals surface area contributed by atoms with Crippen LogP contribution in [0.5, 0.6) is 0 Å². The van der Waals surface area contributed by atoms with Crippen molar-refractivity contribution in [1.29, 1.82) is 0 Å². The number of rotatable bonds is 7. The summed E-state index contributed by atoms with van der Waals surface area (Å²) < 4.78 is 5.16. The summed E-state index contributed by atoms with van der Waals surface area (Å²) in [4.78, 5) is 19.4. The second-order valence-electron chi connectivity index (χ2n) is 7.33. The zero-order valence-electron chi connectivity index (χ0n) is 15.3. The van der Waals surface area contributed by atoms with E-state index in [0.717, 1.165) is 77.5 Å². The van der Waals surface area contributed by atoms with Crippen LogP contribution in [0.25, 0.3) is 0 Å². The highest BCUT2D eigenvalue weighted by molar-refractivity contribution is 5.76. The second kappa shape index (κ2) is 9.60. The molecule has 2 aliphatic heterocycles. The lowest BCUT2D eigenvalue weighted by Gasteiger charge is -2.37. The van der Waals surface area contributed by atoms with Gasteiger partial charge in [-0.3, -0.25) is 9.69 Å². The first-order valence-corrected chi connectivity index (χ1v) is 9.29. The van der Waals surface area contributed by atoms with Gasteiger partial charge in [0.25, 0.3) is 0 Å². The standard InChI is InChI=1S/C18H35N3O2/c1-16(20-13-11-19(2)12-14-20)4-5-18(22)21-9-6-17(7-10-21)8-15-23-3/h16-17H,4-15H2,1-3H3. The number of piperidine rings is 1. The van der Waals surface area contributed by atoms with Crippen LogP contribution in [-0.4, -0.2) is 86.7 Å². The van der Waals surface area contributed by atoms with Crippen molar-refractivity contribution in [3.8, 4) is 0 Å². The second-order valence-corrected chi connectivity index (χ2v) is 7.33. The number of piperazine rings is 1. The Hall–Kier alpha value is -0.650. The molecule has 2 saturated heterocycles. The molecular weight excluding hydrogens is 290 g/mol. The monoisotopic (exact) mass is 325 g/mol. The number of nitrogens with zero attached hydrogens (tertiary/aromatic N) is 3. The molecule has 5 heteroatoms. The lowest BCUT2D eigenvalue weighted by Crippen LogP contribution is -2.48. The third-order valence-corrected chi connectivity index (χ3v) is 5.63. The number of hydrogen-bond donors (Lipinski definition) is 0. The normalized spacial score (nSPS) is 23.2. The Morgan fingerprint density at radius 3 is 2.39 bits per heavy atom. The highest BCUT2D eigenvalue weighted by atomic mass is 16.5. The predicted molar refractivity (Wildman–Crippen MR) is 93.6 cm³/mol. The SMILES string of the molecule is COCCC1CCN(C(=O)CCC(C)N2CCN(C)CC2)CC1. The van der Waals surface area contributed by atoms with Gasteiger partial charge in [0.05, 0.1) is 0 Å². The molecule has 1 atom stereocenters. The summed E-state index contributed by atoms with van der Waals surface area (Å²) >= 11 is 0. The highest BCUT2D eigenvalue weighted by Gasteiger charge is 2.24. The molecule has 0 radical (unpaired) electrons. The van der Waals surface area contributed by atoms with E-state index in [4.69, 9.17) is 4.74 Å². The number of carbonyl (C=O) groups is 1. The number of ether oxygens (including phenoxy) is 1. The molecule has 0 N–H and O–H groups in total. The molecule has 0 aromatic rings. The highest BCUT2D eigenvalue weighted by Crippen LogP contribution is 2.21. The van der Waals surface area contributed by atoms with Gasteiger partial charge in [-0.25, -0.2) is 0 Å². The van der Waals surface area contributed by atoms with Crippen molar-refractivity contribution >= 4 is 5.91 Å². The van der Waals surface area contributed by atoms with Gasteiger partial charge >= 0.3 is 0 Å². The van der Waals surface area contributed by atoms with E-state index >= 15 is 0 Å². The maximum atomic E-state index is 12.4. The molecule has 1 amide bonds. The minimum atomic E-state index is 0.358. The van der Waals surface area contributed by atoms with Crippen LogP contribution in [0.15, 0.2) is 0 Å². The molecule has 0 spiro atoms. The van der Waals surface area contributed by atoms with E-state index in [1.54, 1.807) is 7.11 Å². The molecule has 134 valence electrons. The lowest BCUT2D eigenvalue weighted by molar-refractivity contribution is -0.133. The molecule has 23 heavy (non-hydrogen) atoms. The van der Waals surface area contributed by atoms with Gasteiger partial charge in [0, 0.05) is 65.4 Å². The summed E-state index contributed by atoms with van der Waals surface area (Å²) in [5, 5.41) is 0. The molecule has 0 bridgehead atoms. The summed E-state index contributed by atoms with van der Waals surface area (Å²) in [6.07, 6.45) is 5.12. The molecule has 5 nitrogen and oxygen atoms in total. The molecule has 2 heterocycles. The van der Waals surface area contributed by atoms with Crippen molar-refractivity contribution in [3.63, 3.8) is 0 Å². The van der Waals surface area contributed by atoms with Crippen LogP contribution in [0.1, 0.15) is 39.0 Å². The molecule has 2 rings (SSSR count). The summed E-state index contributed by atoms with van der Waals surface area (Å²) in [5.41, 5.74) is 0. The minimum Gasteiger partial charge on any atom is -0.385 e. The van der Waals surface area contributed by atoms with E-state index in [1.807, 2.05) is 0 Å². The molecule has 2 aliphatic rings. The molecule has 1 unspecified atom stereocenters. The lowest BCUT2D eigenvalue weighted by atomic mass is 9.93. The van der Waals surface area contributed by atoms with E-state index < -0.39 is 0 Å². The van der Waals surface area contributed by atoms with E-state index in [2.05, 4.69) is 28.7 Å². The van der Waals surface area contributed by atoms with Crippen molar-refractivity contribution in [2.75, 3.05) is 60.0 Å². The first kappa shape index (κ1) is 18.7. The summed E-state index contributed by atoms with van der Waals surface area (Å²) in [6.45, 7) is 9.57. The smallest absolute Gasteiger partial charge is 0.222 e. The van der Waals surface area contributed by atoms with Crippen molar-refractivity contribution in [3.05, 3.63) is 0 Å². The molecule has 0 aromatic carbocycles. The van der Waals surface area contributed by atoms with Gasteiger partial charge in [-0.05, 0) is 45.6 Å². The van der Waals surface area contributed by atoms with Crippen LogP contribution in [-0.2, 0) is 9.53 Å². The Morgan fingerprint density at radius 2 is 1.78 bits per heavy atom. The number of methoxy groups -OCH3 is 1. The zero-order chi connectivity index (χ0) is 16.7. The molecule has 2 fully saturated rings. The fourth-order valence-electron chi connectivity index (χ4n) is 3.69. The van der Waals surface area contributed by atoms with E-state index in [9.17, 15) is 4.79 Å². The van der Waals surface area contributed by atoms with E-state index in [-0.39, 0.29) is 0 Å². The maximum Gasteiger partial charge on any atom is 0.222 e. The van der Waals surface area contributed by atoms with Gasteiger partial charge in [0.2, 0.25) is 5.91 Å². The van der Waals surface area contributed by atoms with Crippen LogP contribution in [0.4, 0.5) is 0 Å². The average Bonchev–Trinajstić information content (AvgIpc) is 2.58. The van der Waals surface area contributed by atoms with Crippen LogP contribution in [0, 0.1) is 5.92 Å². The Morgan fingerprint density at radius 1 is 1.13 bits per heavy atom. The first-order valence-electron chi connectivity index (χ1n) is 9.29. The zero-order valence-corrected chi connectivity index (χ0v) is 15.3. The third kappa shape index (κ3) is 6.05. The van der Waals surface area contributed by atoms with Crippen molar-refractivity contribution in [2.45, 2.75) is 45.1 Å². The number of hydrogen-bond acceptors (Lipinski definition) is 4. The van der Waals surface area contributed by atoms with Crippen LogP contribution < -0.4 is 0 Å². The Kier molecular flexibility index (Phi) is 7.80. The van der Waals surface area contributed by atoms with E-state index in [1.165, 1.54) is 0 Å². The minimum absolute atomic E-state index is 0.358. The molecule has 0 saturated carbocycles. The number of carbonyl (C=O) groups excluding carboxylic acids is 1.